The van der Waals surface area contributed by atoms with Gasteiger partial charge in [0.2, 0.25) is 11.0 Å². The fourth-order valence-corrected chi connectivity index (χ4v) is 3.63. The van der Waals surface area contributed by atoms with Crippen molar-refractivity contribution < 1.29 is 14.4 Å². The minimum absolute atomic E-state index is 0.00570. The van der Waals surface area contributed by atoms with Crippen molar-refractivity contribution in [3.63, 3.8) is 0 Å². The van der Waals surface area contributed by atoms with Gasteiger partial charge in [-0.3, -0.25) is 19.3 Å². The van der Waals surface area contributed by atoms with Gasteiger partial charge in [-0.25, -0.2) is 0 Å². The molecule has 3 amide bonds. The molecule has 8 heteroatoms. The van der Waals surface area contributed by atoms with Crippen LogP contribution in [0.2, 0.25) is 0 Å². The monoisotopic (exact) mass is 366 g/mol. The number of benzene rings is 2. The number of rotatable bonds is 4. The Morgan fingerprint density at radius 3 is 2.31 bits per heavy atom. The molecule has 26 heavy (non-hydrogen) atoms. The molecule has 0 saturated carbocycles. The fourth-order valence-electron chi connectivity index (χ4n) is 3.03. The van der Waals surface area contributed by atoms with Crippen molar-refractivity contribution in [2.45, 2.75) is 13.3 Å². The van der Waals surface area contributed by atoms with Crippen LogP contribution < -0.4 is 5.32 Å². The van der Waals surface area contributed by atoms with Crippen LogP contribution >= 0.6 is 11.3 Å². The number of nitrogens with one attached hydrogen (secondary N) is 1. The smallest absolute Gasteiger partial charge is 0.261 e. The molecule has 1 aliphatic rings. The summed E-state index contributed by atoms with van der Waals surface area (Å²) >= 11 is 1.26. The zero-order valence-corrected chi connectivity index (χ0v) is 14.7. The SMILES string of the molecule is Cc1nnc(NC(=O)CCN2C(=O)c3cccc4cccc(c34)C2=O)s1. The Morgan fingerprint density at radius 2 is 1.73 bits per heavy atom. The first-order valence-corrected chi connectivity index (χ1v) is 8.84. The summed E-state index contributed by atoms with van der Waals surface area (Å²) < 4.78 is 0. The Hall–Kier alpha value is -3.13. The van der Waals surface area contributed by atoms with E-state index in [9.17, 15) is 14.4 Å². The number of hydrogen-bond donors (Lipinski definition) is 1. The second-order valence-corrected chi connectivity index (χ2v) is 7.08. The Balaban J connectivity index is 1.54. The van der Waals surface area contributed by atoms with Gasteiger partial charge in [-0.15, -0.1) is 10.2 Å². The number of carbonyl (C=O) groups is 3. The van der Waals surface area contributed by atoms with Crippen molar-refractivity contribution in [3.05, 3.63) is 52.5 Å². The summed E-state index contributed by atoms with van der Waals surface area (Å²) in [5, 5.41) is 13.0. The first-order valence-electron chi connectivity index (χ1n) is 8.02. The molecule has 0 aliphatic carbocycles. The lowest BCUT2D eigenvalue weighted by Crippen LogP contribution is -2.41. The maximum atomic E-state index is 12.7. The third kappa shape index (κ3) is 2.74. The van der Waals surface area contributed by atoms with Crippen LogP contribution in [0, 0.1) is 6.92 Å². The van der Waals surface area contributed by atoms with E-state index in [1.807, 2.05) is 12.1 Å². The highest BCUT2D eigenvalue weighted by Crippen LogP contribution is 2.30. The average Bonchev–Trinajstić information content (AvgIpc) is 3.04. The van der Waals surface area contributed by atoms with Gasteiger partial charge in [0, 0.05) is 29.5 Å². The minimum Gasteiger partial charge on any atom is -0.300 e. The molecule has 3 aromatic rings. The van der Waals surface area contributed by atoms with Crippen molar-refractivity contribution in [1.82, 2.24) is 15.1 Å². The lowest BCUT2D eigenvalue weighted by molar-refractivity contribution is -0.116. The minimum atomic E-state index is -0.376. The molecule has 0 radical (unpaired) electrons. The van der Waals surface area contributed by atoms with Gasteiger partial charge in [0.1, 0.15) is 5.01 Å². The summed E-state index contributed by atoms with van der Waals surface area (Å²) in [5.74, 6) is -1.07. The van der Waals surface area contributed by atoms with Crippen LogP contribution in [0.4, 0.5) is 5.13 Å². The summed E-state index contributed by atoms with van der Waals surface area (Å²) in [6.45, 7) is 1.79. The highest BCUT2D eigenvalue weighted by molar-refractivity contribution is 7.15. The summed E-state index contributed by atoms with van der Waals surface area (Å²) in [5.41, 5.74) is 0.968. The predicted molar refractivity (Wildman–Crippen MR) is 97.2 cm³/mol. The van der Waals surface area contributed by atoms with Crippen LogP contribution in [-0.2, 0) is 4.79 Å². The van der Waals surface area contributed by atoms with Crippen molar-refractivity contribution in [1.29, 1.82) is 0 Å². The van der Waals surface area contributed by atoms with Gasteiger partial charge in [-0.1, -0.05) is 35.6 Å². The number of hydrogen-bond acceptors (Lipinski definition) is 6. The number of anilines is 1. The lowest BCUT2D eigenvalue weighted by atomic mass is 9.94. The first kappa shape index (κ1) is 16.3. The molecule has 7 nitrogen and oxygen atoms in total. The molecule has 0 saturated heterocycles. The van der Waals surface area contributed by atoms with E-state index in [0.29, 0.717) is 21.6 Å². The van der Waals surface area contributed by atoms with Gasteiger partial charge in [0.25, 0.3) is 11.8 Å². The van der Waals surface area contributed by atoms with Gasteiger partial charge in [-0.2, -0.15) is 0 Å². The van der Waals surface area contributed by atoms with E-state index in [1.54, 1.807) is 31.2 Å². The van der Waals surface area contributed by atoms with Crippen LogP contribution in [0.15, 0.2) is 36.4 Å². The molecule has 0 fully saturated rings. The van der Waals surface area contributed by atoms with Crippen LogP contribution in [0.25, 0.3) is 10.8 Å². The Morgan fingerprint density at radius 1 is 1.08 bits per heavy atom. The molecule has 0 atom stereocenters. The number of aromatic nitrogens is 2. The third-order valence-corrected chi connectivity index (χ3v) is 4.94. The molecular formula is C18H14N4O3S. The molecule has 0 bridgehead atoms. The lowest BCUT2D eigenvalue weighted by Gasteiger charge is -2.26. The van der Waals surface area contributed by atoms with E-state index in [2.05, 4.69) is 15.5 Å². The molecular weight excluding hydrogens is 352 g/mol. The topological polar surface area (TPSA) is 92.3 Å². The number of amides is 3. The van der Waals surface area contributed by atoms with E-state index in [4.69, 9.17) is 0 Å². The summed E-state index contributed by atoms with van der Waals surface area (Å²) in [4.78, 5) is 38.7. The second-order valence-electron chi connectivity index (χ2n) is 5.90. The number of carbonyl (C=O) groups excluding carboxylic acids is 3. The van der Waals surface area contributed by atoms with E-state index < -0.39 is 0 Å². The van der Waals surface area contributed by atoms with E-state index in [0.717, 1.165) is 15.3 Å². The van der Waals surface area contributed by atoms with E-state index >= 15 is 0 Å². The summed E-state index contributed by atoms with van der Waals surface area (Å²) in [7, 11) is 0. The van der Waals surface area contributed by atoms with Crippen LogP contribution in [-0.4, -0.2) is 39.4 Å². The number of aryl methyl sites for hydroxylation is 1. The Labute approximate surface area is 152 Å². The van der Waals surface area contributed by atoms with Gasteiger partial charge in [0.05, 0.1) is 0 Å². The zero-order chi connectivity index (χ0) is 18.3. The highest BCUT2D eigenvalue weighted by Gasteiger charge is 2.32. The van der Waals surface area contributed by atoms with Crippen LogP contribution in [0.1, 0.15) is 32.1 Å². The van der Waals surface area contributed by atoms with Gasteiger partial charge >= 0.3 is 0 Å². The molecule has 1 aromatic heterocycles. The standard InChI is InChI=1S/C18H14N4O3S/c1-10-20-21-18(26-10)19-14(23)8-9-22-16(24)12-6-2-4-11-5-3-7-13(15(11)12)17(22)25/h2-7H,8-9H2,1H3,(H,19,21,23). The normalized spacial score (nSPS) is 13.3. The summed E-state index contributed by atoms with van der Waals surface area (Å²) in [6, 6.07) is 10.7. The Bertz CT molecular complexity index is 1010. The molecule has 4 rings (SSSR count). The maximum absolute atomic E-state index is 12.7. The largest absolute Gasteiger partial charge is 0.300 e. The van der Waals surface area contributed by atoms with Gasteiger partial charge in [0.15, 0.2) is 0 Å². The van der Waals surface area contributed by atoms with Crippen molar-refractivity contribution >= 4 is 45.0 Å². The number of nitrogens with zero attached hydrogens (tertiary/aromatic N) is 3. The molecule has 130 valence electrons. The molecule has 0 unspecified atom stereocenters. The van der Waals surface area contributed by atoms with E-state index in [-0.39, 0.29) is 30.7 Å². The van der Waals surface area contributed by atoms with Crippen molar-refractivity contribution in [2.75, 3.05) is 11.9 Å². The Kier molecular flexibility index (Phi) is 3.96. The highest BCUT2D eigenvalue weighted by atomic mass is 32.1. The fraction of sp³-hybridized carbons (Fsp3) is 0.167. The van der Waals surface area contributed by atoms with Gasteiger partial charge < -0.3 is 5.32 Å². The molecule has 0 spiro atoms. The quantitative estimate of drug-likeness (QED) is 0.717. The number of imide groups is 1. The van der Waals surface area contributed by atoms with Crippen molar-refractivity contribution in [2.24, 2.45) is 0 Å². The molecule has 2 heterocycles. The van der Waals surface area contributed by atoms with E-state index in [1.165, 1.54) is 11.3 Å². The zero-order valence-electron chi connectivity index (χ0n) is 13.9. The second kappa shape index (κ2) is 6.30. The van der Waals surface area contributed by atoms with Crippen molar-refractivity contribution in [3.8, 4) is 0 Å². The van der Waals surface area contributed by atoms with Crippen LogP contribution in [0.5, 0.6) is 0 Å². The van der Waals surface area contributed by atoms with Gasteiger partial charge in [-0.05, 0) is 24.4 Å². The third-order valence-electron chi connectivity index (χ3n) is 4.19. The summed E-state index contributed by atoms with van der Waals surface area (Å²) in [6.07, 6.45) is -0.00570. The predicted octanol–water partition coefficient (Wildman–Crippen LogP) is 2.62. The van der Waals surface area contributed by atoms with Crippen LogP contribution in [0.3, 0.4) is 0 Å². The first-order chi connectivity index (χ1) is 12.5. The molecule has 1 N–H and O–H groups in total. The molecule has 2 aromatic carbocycles. The molecule has 1 aliphatic heterocycles. The average molecular weight is 366 g/mol. The maximum Gasteiger partial charge on any atom is 0.261 e.